The predicted molar refractivity (Wildman–Crippen MR) is 118 cm³/mol. The van der Waals surface area contributed by atoms with Crippen LogP contribution < -0.4 is 14.7 Å². The average molecular weight is 389 g/mol. The van der Waals surface area contributed by atoms with E-state index in [4.69, 9.17) is 9.15 Å². The van der Waals surface area contributed by atoms with Crippen LogP contribution in [0.2, 0.25) is 19.6 Å². The summed E-state index contributed by atoms with van der Waals surface area (Å²) in [6, 6.07) is 8.87. The van der Waals surface area contributed by atoms with Crippen LogP contribution in [0.1, 0.15) is 16.7 Å². The van der Waals surface area contributed by atoms with Crippen LogP contribution >= 0.6 is 0 Å². The van der Waals surface area contributed by atoms with Gasteiger partial charge in [0.1, 0.15) is 20.9 Å². The van der Waals surface area contributed by atoms with Crippen molar-refractivity contribution >= 4 is 35.2 Å². The van der Waals surface area contributed by atoms with E-state index in [-0.39, 0.29) is 0 Å². The molecule has 4 aromatic rings. The predicted octanol–water partition coefficient (Wildman–Crippen LogP) is 5.65. The van der Waals surface area contributed by atoms with E-state index < -0.39 is 8.07 Å². The summed E-state index contributed by atoms with van der Waals surface area (Å²) in [4.78, 5) is 0. The first-order valence-corrected chi connectivity index (χ1v) is 13.3. The average Bonchev–Trinajstić information content (AvgIpc) is 3.02. The first-order valence-electron chi connectivity index (χ1n) is 9.84. The Labute approximate surface area is 166 Å². The summed E-state index contributed by atoms with van der Waals surface area (Å²) in [7, 11) is 0.547. The van der Waals surface area contributed by atoms with Gasteiger partial charge in [-0.1, -0.05) is 31.8 Å². The van der Waals surface area contributed by atoms with Crippen LogP contribution in [0.5, 0.6) is 11.5 Å². The molecule has 0 atom stereocenters. The van der Waals surface area contributed by atoms with Crippen molar-refractivity contribution in [3.05, 3.63) is 47.2 Å². The van der Waals surface area contributed by atoms with Gasteiger partial charge in [0, 0.05) is 5.39 Å². The van der Waals surface area contributed by atoms with Gasteiger partial charge in [0.2, 0.25) is 5.75 Å². The Kier molecular flexibility index (Phi) is 3.42. The number of rotatable bonds is 1. The molecule has 0 saturated heterocycles. The zero-order chi connectivity index (χ0) is 20.0. The molecule has 1 aliphatic rings. The van der Waals surface area contributed by atoms with E-state index in [1.807, 2.05) is 0 Å². The fourth-order valence-corrected chi connectivity index (χ4v) is 5.34. The Morgan fingerprint density at radius 3 is 2.39 bits per heavy atom. The molecular weight excluding hydrogens is 362 g/mol. The highest BCUT2D eigenvalue weighted by atomic mass is 28.3. The standard InChI is InChI=1S/C24H26NO2Si/c1-13-8-16-10-14(2)15(3)20-21(16)18(9-13)26-24-22(20)25(4)12-17-11-19(27-23(17)24)28(5,6)7/h8-12H,1-7H3/q+1. The highest BCUT2D eigenvalue weighted by Gasteiger charge is 2.34. The molecule has 4 heteroatoms. The minimum atomic E-state index is -1.56. The van der Waals surface area contributed by atoms with Gasteiger partial charge in [-0.05, 0) is 55.0 Å². The molecule has 3 heterocycles. The summed E-state index contributed by atoms with van der Waals surface area (Å²) in [6.45, 7) is 13.5. The topological polar surface area (TPSA) is 26.2 Å². The van der Waals surface area contributed by atoms with Gasteiger partial charge in [0.25, 0.3) is 5.69 Å². The van der Waals surface area contributed by atoms with Crippen molar-refractivity contribution in [3.63, 3.8) is 0 Å². The molecule has 1 aliphatic heterocycles. The summed E-state index contributed by atoms with van der Waals surface area (Å²) >= 11 is 0. The Bertz CT molecular complexity index is 1310. The SMILES string of the molecule is Cc1cc2c3c(c(C)c(C)cc3c1)-c1c(c3oc([Si](C)(C)C)cc3c[n+]1C)O2. The molecule has 2 aromatic heterocycles. The normalized spacial score (nSPS) is 13.1. The first-order chi connectivity index (χ1) is 13.1. The van der Waals surface area contributed by atoms with Gasteiger partial charge in [0.15, 0.2) is 11.8 Å². The summed E-state index contributed by atoms with van der Waals surface area (Å²) in [5.74, 6) is 1.77. The zero-order valence-electron chi connectivity index (χ0n) is 17.7. The number of benzene rings is 2. The molecule has 2 aromatic carbocycles. The number of hydrogen-bond acceptors (Lipinski definition) is 2. The van der Waals surface area contributed by atoms with Crippen molar-refractivity contribution in [2.75, 3.05) is 0 Å². The van der Waals surface area contributed by atoms with Gasteiger partial charge in [-0.3, -0.25) is 0 Å². The molecule has 0 saturated carbocycles. The second-order valence-corrected chi connectivity index (χ2v) is 14.2. The van der Waals surface area contributed by atoms with E-state index in [1.165, 1.54) is 33.0 Å². The van der Waals surface area contributed by atoms with Crippen molar-refractivity contribution in [2.45, 2.75) is 40.4 Å². The molecule has 0 bridgehead atoms. The van der Waals surface area contributed by atoms with Crippen LogP contribution in [0.4, 0.5) is 0 Å². The quantitative estimate of drug-likeness (QED) is 0.274. The largest absolute Gasteiger partial charge is 0.462 e. The Morgan fingerprint density at radius 2 is 1.68 bits per heavy atom. The van der Waals surface area contributed by atoms with E-state index in [0.717, 1.165) is 33.5 Å². The molecule has 0 unspecified atom stereocenters. The number of furan rings is 1. The van der Waals surface area contributed by atoms with Crippen LogP contribution in [-0.2, 0) is 7.05 Å². The van der Waals surface area contributed by atoms with Gasteiger partial charge in [0.05, 0.1) is 16.3 Å². The maximum Gasteiger partial charge on any atom is 0.260 e. The Balaban J connectivity index is 1.96. The molecule has 28 heavy (non-hydrogen) atoms. The van der Waals surface area contributed by atoms with Crippen LogP contribution in [-0.4, -0.2) is 8.07 Å². The molecule has 0 radical (unpaired) electrons. The lowest BCUT2D eigenvalue weighted by molar-refractivity contribution is -0.659. The maximum atomic E-state index is 6.55. The van der Waals surface area contributed by atoms with Gasteiger partial charge < -0.3 is 9.15 Å². The fourth-order valence-electron chi connectivity index (χ4n) is 4.35. The van der Waals surface area contributed by atoms with Crippen molar-refractivity contribution in [1.29, 1.82) is 0 Å². The third kappa shape index (κ3) is 2.30. The van der Waals surface area contributed by atoms with Crippen LogP contribution in [0.3, 0.4) is 0 Å². The number of nitrogens with zero attached hydrogens (tertiary/aromatic N) is 1. The first kappa shape index (κ1) is 17.5. The monoisotopic (exact) mass is 388 g/mol. The van der Waals surface area contributed by atoms with E-state index in [1.54, 1.807) is 0 Å². The second-order valence-electron chi connectivity index (χ2n) is 9.22. The number of aryl methyl sites for hydroxylation is 3. The van der Waals surface area contributed by atoms with E-state index >= 15 is 0 Å². The number of ether oxygens (including phenoxy) is 1. The second kappa shape index (κ2) is 5.48. The maximum absolute atomic E-state index is 6.55. The third-order valence-corrected chi connectivity index (χ3v) is 7.65. The lowest BCUT2D eigenvalue weighted by atomic mass is 9.90. The van der Waals surface area contributed by atoms with Crippen molar-refractivity contribution < 1.29 is 13.7 Å². The van der Waals surface area contributed by atoms with Gasteiger partial charge >= 0.3 is 0 Å². The van der Waals surface area contributed by atoms with Gasteiger partial charge in [-0.2, -0.15) is 4.57 Å². The number of fused-ring (bicyclic) bond motifs is 4. The van der Waals surface area contributed by atoms with Crippen molar-refractivity contribution in [1.82, 2.24) is 0 Å². The van der Waals surface area contributed by atoms with E-state index in [0.29, 0.717) is 0 Å². The molecule has 142 valence electrons. The number of pyridine rings is 1. The summed E-state index contributed by atoms with van der Waals surface area (Å²) < 4.78 is 15.2. The van der Waals surface area contributed by atoms with Crippen LogP contribution in [0.25, 0.3) is 33.0 Å². The van der Waals surface area contributed by atoms with E-state index in [9.17, 15) is 0 Å². The smallest absolute Gasteiger partial charge is 0.260 e. The highest BCUT2D eigenvalue weighted by molar-refractivity contribution is 6.87. The molecular formula is C24H26NO2Si+. The third-order valence-electron chi connectivity index (χ3n) is 5.92. The molecule has 0 aliphatic carbocycles. The number of aromatic nitrogens is 1. The van der Waals surface area contributed by atoms with Crippen molar-refractivity contribution in [3.8, 4) is 22.8 Å². The Hall–Kier alpha value is -2.59. The minimum Gasteiger partial charge on any atom is -0.462 e. The zero-order valence-corrected chi connectivity index (χ0v) is 18.7. The molecule has 3 nitrogen and oxygen atoms in total. The fraction of sp³-hybridized carbons (Fsp3) is 0.292. The molecule has 0 amide bonds. The summed E-state index contributed by atoms with van der Waals surface area (Å²) in [5.41, 5.74) is 7.04. The summed E-state index contributed by atoms with van der Waals surface area (Å²) in [6.07, 6.45) is 2.18. The van der Waals surface area contributed by atoms with E-state index in [2.05, 4.69) is 82.5 Å². The number of hydrogen-bond donors (Lipinski definition) is 0. The van der Waals surface area contributed by atoms with Crippen LogP contribution in [0.15, 0.2) is 34.9 Å². The summed E-state index contributed by atoms with van der Waals surface area (Å²) in [5, 5.41) is 4.66. The lowest BCUT2D eigenvalue weighted by Gasteiger charge is -2.22. The van der Waals surface area contributed by atoms with Gasteiger partial charge in [-0.25, -0.2) is 0 Å². The molecule has 0 spiro atoms. The minimum absolute atomic E-state index is 0.845. The van der Waals surface area contributed by atoms with Crippen molar-refractivity contribution in [2.24, 2.45) is 7.05 Å². The molecule has 5 rings (SSSR count). The molecule has 0 N–H and O–H groups in total. The highest BCUT2D eigenvalue weighted by Crippen LogP contribution is 2.49. The Morgan fingerprint density at radius 1 is 0.929 bits per heavy atom. The van der Waals surface area contributed by atoms with Gasteiger partial charge in [-0.15, -0.1) is 0 Å². The molecule has 0 fully saturated rings. The van der Waals surface area contributed by atoms with Crippen LogP contribution in [0, 0.1) is 20.8 Å². The lowest BCUT2D eigenvalue weighted by Crippen LogP contribution is -2.36.